The summed E-state index contributed by atoms with van der Waals surface area (Å²) in [5, 5.41) is 25.9. The predicted octanol–water partition coefficient (Wildman–Crippen LogP) is 2.81. The van der Waals surface area contributed by atoms with E-state index >= 15 is 0 Å². The molecule has 7 nitrogen and oxygen atoms in total. The van der Waals surface area contributed by atoms with Gasteiger partial charge in [-0.3, -0.25) is 9.59 Å². The number of aliphatic hydroxyl groups is 2. The van der Waals surface area contributed by atoms with Crippen LogP contribution in [0.4, 0.5) is 0 Å². The summed E-state index contributed by atoms with van der Waals surface area (Å²) in [4.78, 5) is 19.0. The molecule has 2 unspecified atom stereocenters. The molecule has 5 N–H and O–H groups in total. The van der Waals surface area contributed by atoms with Gasteiger partial charge in [-0.2, -0.15) is 0 Å². The Hall–Kier alpha value is -2.82. The summed E-state index contributed by atoms with van der Waals surface area (Å²) in [6.45, 7) is 8.67. The van der Waals surface area contributed by atoms with Crippen molar-refractivity contribution in [2.75, 3.05) is 6.61 Å². The van der Waals surface area contributed by atoms with Gasteiger partial charge in [0.2, 0.25) is 6.41 Å². The van der Waals surface area contributed by atoms with Gasteiger partial charge in [-0.05, 0) is 30.0 Å². The quantitative estimate of drug-likeness (QED) is 0.329. The van der Waals surface area contributed by atoms with E-state index in [0.29, 0.717) is 13.0 Å². The Kier molecular flexibility index (Phi) is 19.1. The fourth-order valence-corrected chi connectivity index (χ4v) is 2.47. The van der Waals surface area contributed by atoms with Crippen LogP contribution in [0.25, 0.3) is 0 Å². The van der Waals surface area contributed by atoms with Gasteiger partial charge in [0.25, 0.3) is 0 Å². The lowest BCUT2D eigenvalue weighted by Gasteiger charge is -2.08. The Morgan fingerprint density at radius 2 is 1.80 bits per heavy atom. The van der Waals surface area contributed by atoms with Crippen LogP contribution in [-0.2, 0) is 27.2 Å². The molecule has 1 fully saturated rings. The first kappa shape index (κ1) is 29.4. The number of aliphatic hydroxyl groups excluding tert-OH is 2. The summed E-state index contributed by atoms with van der Waals surface area (Å²) >= 11 is 0. The maximum Gasteiger partial charge on any atom is 0.307 e. The SMILES string of the molecule is CC.CC/C=C(\C)C1CC(O)CO1.NC=O.O=C(O)Cc1ccc(CC#CO)cc1. The zero-order valence-corrected chi connectivity index (χ0v) is 18.3. The molecule has 7 heteroatoms. The lowest BCUT2D eigenvalue weighted by atomic mass is 10.1. The van der Waals surface area contributed by atoms with Crippen LogP contribution in [0, 0.1) is 12.0 Å². The van der Waals surface area contributed by atoms with Crippen molar-refractivity contribution in [3.05, 3.63) is 47.0 Å². The molecule has 0 radical (unpaired) electrons. The van der Waals surface area contributed by atoms with Crippen LogP contribution in [0.15, 0.2) is 35.9 Å². The molecular weight excluding hydrogens is 386 g/mol. The van der Waals surface area contributed by atoms with Gasteiger partial charge >= 0.3 is 5.97 Å². The first-order valence-corrected chi connectivity index (χ1v) is 9.91. The molecule has 2 atom stereocenters. The fraction of sp³-hybridized carbons (Fsp3) is 0.478. The summed E-state index contributed by atoms with van der Waals surface area (Å²) in [5.41, 5.74) is 7.14. The average Bonchev–Trinajstić information content (AvgIpc) is 3.16. The Morgan fingerprint density at radius 1 is 1.27 bits per heavy atom. The third kappa shape index (κ3) is 15.1. The van der Waals surface area contributed by atoms with Crippen LogP contribution < -0.4 is 5.73 Å². The molecule has 1 saturated heterocycles. The minimum absolute atomic E-state index is 0.0337. The summed E-state index contributed by atoms with van der Waals surface area (Å²) in [7, 11) is 0. The Bertz CT molecular complexity index is 673. The first-order chi connectivity index (χ1) is 14.4. The molecule has 1 heterocycles. The number of carbonyl (C=O) groups excluding carboxylic acids is 1. The van der Waals surface area contributed by atoms with Crippen molar-refractivity contribution in [1.82, 2.24) is 0 Å². The maximum absolute atomic E-state index is 10.4. The third-order valence-electron chi connectivity index (χ3n) is 3.76. The van der Waals surface area contributed by atoms with Gasteiger partial charge in [-0.15, -0.1) is 0 Å². The monoisotopic (exact) mass is 421 g/mol. The van der Waals surface area contributed by atoms with Crippen molar-refractivity contribution in [2.24, 2.45) is 5.73 Å². The number of rotatable bonds is 5. The van der Waals surface area contributed by atoms with Gasteiger partial charge in [0, 0.05) is 12.8 Å². The standard InChI is InChI=1S/C11H10O3.C9H16O2.C2H6.CH3NO/c12-7-1-2-9-3-5-10(6-4-9)8-11(13)14;1-3-4-7(2)9-5-8(10)6-11-9;1-2;2-1-3/h3-6,12H,2,8H2,(H,13,14);4,8-10H,3,5-6H2,1-2H3;1-2H3;1H,(H2,2,3)/b;7-4+;;. The minimum Gasteiger partial charge on any atom is -0.481 e. The lowest BCUT2D eigenvalue weighted by molar-refractivity contribution is -0.136. The number of carbonyl (C=O) groups is 2. The highest BCUT2D eigenvalue weighted by molar-refractivity contribution is 5.70. The normalized spacial score (nSPS) is 16.8. The fourth-order valence-electron chi connectivity index (χ4n) is 2.47. The largest absolute Gasteiger partial charge is 0.481 e. The Labute approximate surface area is 179 Å². The van der Waals surface area contributed by atoms with Gasteiger partial charge < -0.3 is 25.8 Å². The van der Waals surface area contributed by atoms with Crippen LogP contribution in [0.5, 0.6) is 0 Å². The molecule has 0 saturated carbocycles. The van der Waals surface area contributed by atoms with E-state index < -0.39 is 5.97 Å². The molecule has 0 aliphatic carbocycles. The molecule has 30 heavy (non-hydrogen) atoms. The lowest BCUT2D eigenvalue weighted by Crippen LogP contribution is -2.07. The molecule has 0 spiro atoms. The number of ether oxygens (including phenoxy) is 1. The summed E-state index contributed by atoms with van der Waals surface area (Å²) in [6, 6.07) is 7.12. The van der Waals surface area contributed by atoms with E-state index in [1.165, 1.54) is 5.57 Å². The number of amides is 1. The number of allylic oxidation sites excluding steroid dienone is 1. The molecule has 1 aliphatic heterocycles. The molecular formula is C23H35NO6. The predicted molar refractivity (Wildman–Crippen MR) is 117 cm³/mol. The van der Waals surface area contributed by atoms with E-state index in [4.69, 9.17) is 24.9 Å². The van der Waals surface area contributed by atoms with Gasteiger partial charge in [-0.25, -0.2) is 0 Å². The number of benzene rings is 1. The number of hydrogen-bond acceptors (Lipinski definition) is 5. The summed E-state index contributed by atoms with van der Waals surface area (Å²) in [6.07, 6.45) is 6.47. The van der Waals surface area contributed by atoms with Gasteiger partial charge in [-0.1, -0.05) is 57.0 Å². The van der Waals surface area contributed by atoms with Crippen molar-refractivity contribution in [1.29, 1.82) is 0 Å². The Morgan fingerprint density at radius 3 is 2.20 bits per heavy atom. The third-order valence-corrected chi connectivity index (χ3v) is 3.76. The van der Waals surface area contributed by atoms with E-state index in [1.54, 1.807) is 12.1 Å². The second-order valence-electron chi connectivity index (χ2n) is 6.06. The zero-order valence-electron chi connectivity index (χ0n) is 18.3. The van der Waals surface area contributed by atoms with Crippen LogP contribution in [-0.4, -0.2) is 46.5 Å². The van der Waals surface area contributed by atoms with Crippen LogP contribution >= 0.6 is 0 Å². The second-order valence-corrected chi connectivity index (χ2v) is 6.06. The van der Waals surface area contributed by atoms with Crippen molar-refractivity contribution >= 4 is 12.4 Å². The molecule has 1 aromatic carbocycles. The van der Waals surface area contributed by atoms with Crippen LogP contribution in [0.3, 0.4) is 0 Å². The average molecular weight is 422 g/mol. The smallest absolute Gasteiger partial charge is 0.307 e. The van der Waals surface area contributed by atoms with E-state index in [0.717, 1.165) is 24.0 Å². The summed E-state index contributed by atoms with van der Waals surface area (Å²) in [5.74, 6) is 1.67. The molecule has 1 aliphatic rings. The highest BCUT2D eigenvalue weighted by Gasteiger charge is 2.24. The highest BCUT2D eigenvalue weighted by Crippen LogP contribution is 2.20. The van der Waals surface area contributed by atoms with Gasteiger partial charge in [0.15, 0.2) is 0 Å². The number of aliphatic carboxylic acids is 1. The maximum atomic E-state index is 10.4. The molecule has 168 valence electrons. The van der Waals surface area contributed by atoms with Crippen molar-refractivity contribution < 1.29 is 29.6 Å². The van der Waals surface area contributed by atoms with Crippen molar-refractivity contribution in [3.63, 3.8) is 0 Å². The van der Waals surface area contributed by atoms with Crippen LogP contribution in [0.1, 0.15) is 51.7 Å². The number of primary amides is 1. The van der Waals surface area contributed by atoms with E-state index in [9.17, 15) is 4.79 Å². The van der Waals surface area contributed by atoms with Crippen LogP contribution in [0.2, 0.25) is 0 Å². The molecule has 0 bridgehead atoms. The first-order valence-electron chi connectivity index (χ1n) is 9.91. The van der Waals surface area contributed by atoms with Crippen molar-refractivity contribution in [3.8, 4) is 12.0 Å². The number of nitrogens with two attached hydrogens (primary N) is 1. The second kappa shape index (κ2) is 19.5. The minimum atomic E-state index is -0.840. The number of carboxylic acid groups (broad SMARTS) is 1. The zero-order chi connectivity index (χ0) is 23.4. The topological polar surface area (TPSA) is 130 Å². The molecule has 1 aromatic rings. The van der Waals surface area contributed by atoms with E-state index in [2.05, 4.69) is 31.6 Å². The van der Waals surface area contributed by atoms with Gasteiger partial charge in [0.05, 0.1) is 25.2 Å². The molecule has 0 aromatic heterocycles. The molecule has 1 amide bonds. The number of carboxylic acids is 1. The Balaban J connectivity index is 0. The van der Waals surface area contributed by atoms with Gasteiger partial charge in [0.1, 0.15) is 6.11 Å². The number of hydrogen-bond donors (Lipinski definition) is 4. The van der Waals surface area contributed by atoms with E-state index in [1.807, 2.05) is 32.1 Å². The molecule has 2 rings (SSSR count). The van der Waals surface area contributed by atoms with E-state index in [-0.39, 0.29) is 25.0 Å². The highest BCUT2D eigenvalue weighted by atomic mass is 16.5. The summed E-state index contributed by atoms with van der Waals surface area (Å²) < 4.78 is 5.36. The van der Waals surface area contributed by atoms with Crippen molar-refractivity contribution in [2.45, 2.75) is 65.6 Å².